The average Bonchev–Trinajstić information content (AvgIpc) is 3.08. The molecule has 0 unspecified atom stereocenters. The number of anilines is 1. The number of carbonyl (C=O) groups is 2. The van der Waals surface area contributed by atoms with E-state index in [4.69, 9.17) is 32.7 Å². The lowest BCUT2D eigenvalue weighted by molar-refractivity contribution is -0.113. The second kappa shape index (κ2) is 10.4. The second-order valence-electron chi connectivity index (χ2n) is 6.92. The number of para-hydroxylation sites is 1. The molecule has 0 bridgehead atoms. The molecular formula is C24H16Cl2INO4S. The third-order valence-corrected chi connectivity index (χ3v) is 7.13. The molecule has 1 saturated heterocycles. The van der Waals surface area contributed by atoms with E-state index in [0.29, 0.717) is 32.1 Å². The molecule has 3 aromatic carbocycles. The van der Waals surface area contributed by atoms with Gasteiger partial charge in [-0.05, 0) is 88.0 Å². The number of methoxy groups -OCH3 is 1. The average molecular weight is 612 g/mol. The third kappa shape index (κ3) is 5.32. The molecule has 0 saturated carbocycles. The lowest BCUT2D eigenvalue weighted by Gasteiger charge is -2.14. The zero-order valence-corrected chi connectivity index (χ0v) is 21.7. The molecule has 1 aliphatic rings. The first kappa shape index (κ1) is 23.9. The summed E-state index contributed by atoms with van der Waals surface area (Å²) in [5.74, 6) is 0.722. The van der Waals surface area contributed by atoms with Gasteiger partial charge in [-0.3, -0.25) is 9.59 Å². The number of rotatable bonds is 6. The number of amides is 2. The van der Waals surface area contributed by atoms with E-state index in [9.17, 15) is 9.59 Å². The first-order chi connectivity index (χ1) is 15.9. The Morgan fingerprint density at radius 2 is 1.79 bits per heavy atom. The maximum Gasteiger partial charge on any atom is 0.298 e. The van der Waals surface area contributed by atoms with Crippen LogP contribution >= 0.6 is 57.6 Å². The molecule has 0 N–H and O–H groups in total. The van der Waals surface area contributed by atoms with Crippen LogP contribution in [-0.2, 0) is 11.4 Å². The van der Waals surface area contributed by atoms with Crippen LogP contribution in [-0.4, -0.2) is 18.3 Å². The highest BCUT2D eigenvalue weighted by Crippen LogP contribution is 2.39. The van der Waals surface area contributed by atoms with E-state index in [0.717, 1.165) is 26.5 Å². The standard InChI is InChI=1S/C24H16Cl2INO4S/c1-31-20-11-15(10-19(27)22(20)32-13-14-7-8-17(25)18(26)9-14)12-21-23(29)28(24(30)33-21)16-5-3-2-4-6-16/h2-12H,13H2,1H3/b21-12-. The van der Waals surface area contributed by atoms with Crippen molar-refractivity contribution in [1.29, 1.82) is 0 Å². The smallest absolute Gasteiger partial charge is 0.298 e. The number of nitrogens with zero attached hydrogens (tertiary/aromatic N) is 1. The van der Waals surface area contributed by atoms with Crippen molar-refractivity contribution in [2.45, 2.75) is 6.61 Å². The number of hydrogen-bond acceptors (Lipinski definition) is 5. The molecule has 33 heavy (non-hydrogen) atoms. The number of thioether (sulfide) groups is 1. The van der Waals surface area contributed by atoms with E-state index in [1.54, 1.807) is 55.7 Å². The Bertz CT molecular complexity index is 1270. The second-order valence-corrected chi connectivity index (χ2v) is 9.89. The van der Waals surface area contributed by atoms with Crippen LogP contribution in [0.3, 0.4) is 0 Å². The Morgan fingerprint density at radius 3 is 2.48 bits per heavy atom. The third-order valence-electron chi connectivity index (χ3n) is 4.72. The molecule has 5 nitrogen and oxygen atoms in total. The van der Waals surface area contributed by atoms with Crippen molar-refractivity contribution in [3.8, 4) is 11.5 Å². The normalized spacial score (nSPS) is 14.8. The Kier molecular flexibility index (Phi) is 7.53. The van der Waals surface area contributed by atoms with E-state index in [1.807, 2.05) is 18.2 Å². The number of halogens is 3. The minimum Gasteiger partial charge on any atom is -0.493 e. The first-order valence-corrected chi connectivity index (χ1v) is 12.3. The van der Waals surface area contributed by atoms with Crippen LogP contribution in [0.2, 0.25) is 10.0 Å². The monoisotopic (exact) mass is 611 g/mol. The van der Waals surface area contributed by atoms with Gasteiger partial charge in [-0.2, -0.15) is 0 Å². The lowest BCUT2D eigenvalue weighted by Crippen LogP contribution is -2.27. The summed E-state index contributed by atoms with van der Waals surface area (Å²) in [4.78, 5) is 26.8. The fraction of sp³-hybridized carbons (Fsp3) is 0.0833. The Hall–Kier alpha value is -2.20. The van der Waals surface area contributed by atoms with Gasteiger partial charge in [0.15, 0.2) is 11.5 Å². The van der Waals surface area contributed by atoms with Gasteiger partial charge in [-0.1, -0.05) is 47.5 Å². The van der Waals surface area contributed by atoms with E-state index >= 15 is 0 Å². The molecule has 0 atom stereocenters. The van der Waals surface area contributed by atoms with Crippen LogP contribution in [0.5, 0.6) is 11.5 Å². The maximum absolute atomic E-state index is 12.9. The SMILES string of the molecule is COc1cc(/C=C2\SC(=O)N(c3ccccc3)C2=O)cc(I)c1OCc1ccc(Cl)c(Cl)c1. The molecule has 9 heteroatoms. The van der Waals surface area contributed by atoms with Crippen LogP contribution in [0, 0.1) is 3.57 Å². The highest BCUT2D eigenvalue weighted by molar-refractivity contribution is 14.1. The molecule has 2 amide bonds. The predicted octanol–water partition coefficient (Wildman–Crippen LogP) is 7.43. The summed E-state index contributed by atoms with van der Waals surface area (Å²) in [7, 11) is 1.55. The lowest BCUT2D eigenvalue weighted by atomic mass is 10.1. The number of hydrogen-bond donors (Lipinski definition) is 0. The van der Waals surface area contributed by atoms with E-state index < -0.39 is 0 Å². The molecule has 1 heterocycles. The van der Waals surface area contributed by atoms with Crippen molar-refractivity contribution < 1.29 is 19.1 Å². The Morgan fingerprint density at radius 1 is 1.03 bits per heavy atom. The fourth-order valence-corrected chi connectivity index (χ4v) is 5.11. The van der Waals surface area contributed by atoms with Crippen molar-refractivity contribution in [2.75, 3.05) is 12.0 Å². The van der Waals surface area contributed by atoms with Crippen molar-refractivity contribution in [3.05, 3.63) is 90.3 Å². The molecule has 1 aliphatic heterocycles. The van der Waals surface area contributed by atoms with Crippen LogP contribution in [0.4, 0.5) is 10.5 Å². The van der Waals surface area contributed by atoms with Crippen molar-refractivity contribution in [3.63, 3.8) is 0 Å². The summed E-state index contributed by atoms with van der Waals surface area (Å²) in [5, 5.41) is 0.605. The maximum atomic E-state index is 12.9. The predicted molar refractivity (Wildman–Crippen MR) is 141 cm³/mol. The van der Waals surface area contributed by atoms with Crippen molar-refractivity contribution in [2.24, 2.45) is 0 Å². The van der Waals surface area contributed by atoms with Crippen LogP contribution in [0.25, 0.3) is 6.08 Å². The molecule has 0 aliphatic carbocycles. The first-order valence-electron chi connectivity index (χ1n) is 9.64. The zero-order chi connectivity index (χ0) is 23.5. The Labute approximate surface area is 218 Å². The quantitative estimate of drug-likeness (QED) is 0.214. The molecule has 3 aromatic rings. The minimum absolute atomic E-state index is 0.276. The summed E-state index contributed by atoms with van der Waals surface area (Å²) in [6.45, 7) is 0.276. The van der Waals surface area contributed by atoms with Gasteiger partial charge in [0.05, 0.1) is 31.3 Å². The summed E-state index contributed by atoms with van der Waals surface area (Å²) in [6, 6.07) is 17.8. The van der Waals surface area contributed by atoms with Crippen LogP contribution in [0.1, 0.15) is 11.1 Å². The van der Waals surface area contributed by atoms with Gasteiger partial charge < -0.3 is 9.47 Å². The van der Waals surface area contributed by atoms with E-state index in [1.165, 1.54) is 4.90 Å². The molecule has 1 fully saturated rings. The molecule has 4 rings (SSSR count). The van der Waals surface area contributed by atoms with Crippen molar-refractivity contribution in [1.82, 2.24) is 0 Å². The zero-order valence-electron chi connectivity index (χ0n) is 17.2. The topological polar surface area (TPSA) is 55.8 Å². The highest BCUT2D eigenvalue weighted by atomic mass is 127. The van der Waals surface area contributed by atoms with Gasteiger partial charge in [-0.25, -0.2) is 4.90 Å². The number of imide groups is 1. The van der Waals surface area contributed by atoms with Gasteiger partial charge in [0.25, 0.3) is 11.1 Å². The summed E-state index contributed by atoms with van der Waals surface area (Å²) in [6.07, 6.45) is 1.68. The molecule has 168 valence electrons. The largest absolute Gasteiger partial charge is 0.493 e. The highest BCUT2D eigenvalue weighted by Gasteiger charge is 2.36. The van der Waals surface area contributed by atoms with Gasteiger partial charge in [0, 0.05) is 0 Å². The van der Waals surface area contributed by atoms with Crippen LogP contribution < -0.4 is 14.4 Å². The molecular weight excluding hydrogens is 596 g/mol. The summed E-state index contributed by atoms with van der Waals surface area (Å²) in [5.41, 5.74) is 2.12. The number of benzene rings is 3. The van der Waals surface area contributed by atoms with Gasteiger partial charge >= 0.3 is 0 Å². The van der Waals surface area contributed by atoms with E-state index in [-0.39, 0.29) is 17.8 Å². The summed E-state index contributed by atoms with van der Waals surface area (Å²) >= 11 is 15.1. The Balaban J connectivity index is 1.57. The molecule has 0 aromatic heterocycles. The number of ether oxygens (including phenoxy) is 2. The van der Waals surface area contributed by atoms with Crippen LogP contribution in [0.15, 0.2) is 65.6 Å². The van der Waals surface area contributed by atoms with Gasteiger partial charge in [0.1, 0.15) is 6.61 Å². The molecule has 0 spiro atoms. The van der Waals surface area contributed by atoms with Crippen molar-refractivity contribution >= 4 is 80.5 Å². The minimum atomic E-state index is -0.356. The summed E-state index contributed by atoms with van der Waals surface area (Å²) < 4.78 is 12.3. The van der Waals surface area contributed by atoms with E-state index in [2.05, 4.69) is 22.6 Å². The van der Waals surface area contributed by atoms with Gasteiger partial charge in [-0.15, -0.1) is 0 Å². The molecule has 0 radical (unpaired) electrons. The number of carbonyl (C=O) groups excluding carboxylic acids is 2. The fourth-order valence-electron chi connectivity index (χ4n) is 3.17. The van der Waals surface area contributed by atoms with Gasteiger partial charge in [0.2, 0.25) is 0 Å².